The number of fused-ring (bicyclic) bond motifs is 12. The van der Waals surface area contributed by atoms with Gasteiger partial charge in [0.2, 0.25) is 0 Å². The van der Waals surface area contributed by atoms with Crippen LogP contribution in [0.4, 0.5) is 0 Å². The van der Waals surface area contributed by atoms with Crippen molar-refractivity contribution in [2.24, 2.45) is 0 Å². The van der Waals surface area contributed by atoms with Crippen LogP contribution in [-0.2, 0) is 24.6 Å². The minimum Gasteiger partial charge on any atom is -0.346 e. The molecule has 4 atom stereocenters. The van der Waals surface area contributed by atoms with Gasteiger partial charge in [-0.25, -0.2) is 0 Å². The van der Waals surface area contributed by atoms with Crippen LogP contribution in [0.3, 0.4) is 0 Å². The van der Waals surface area contributed by atoms with Crippen LogP contribution in [0.25, 0.3) is 10.8 Å². The quantitative estimate of drug-likeness (QED) is 0.191. The normalized spacial score (nSPS) is 31.5. The van der Waals surface area contributed by atoms with Gasteiger partial charge in [-0.2, -0.15) is 0 Å². The third kappa shape index (κ3) is 1.98. The van der Waals surface area contributed by atoms with Gasteiger partial charge in [-0.1, -0.05) is 141 Å². The minimum absolute atomic E-state index is 0.516. The number of hydrogen-bond donors (Lipinski definition) is 0. The molecular weight excluding hydrogens is 560 g/mol. The van der Waals surface area contributed by atoms with Crippen LogP contribution in [0.15, 0.2) is 121 Å². The molecule has 1 saturated heterocycles. The molecule has 0 amide bonds. The molecule has 0 saturated carbocycles. The van der Waals surface area contributed by atoms with Crippen LogP contribution < -0.4 is 0 Å². The lowest BCUT2D eigenvalue weighted by Crippen LogP contribution is -2.64. The van der Waals surface area contributed by atoms with Crippen molar-refractivity contribution in [1.29, 1.82) is 0 Å². The predicted octanol–water partition coefficient (Wildman–Crippen LogP) is 8.27. The zero-order valence-electron chi connectivity index (χ0n) is 18.7. The molecule has 1 nitrogen and oxygen atoms in total. The zero-order chi connectivity index (χ0) is 23.5. The van der Waals surface area contributed by atoms with E-state index in [9.17, 15) is 0 Å². The number of halogens is 2. The number of alkyl halides is 2. The molecule has 0 N–H and O–H groups in total. The molecule has 3 aliphatic rings. The standard InChI is InChI=1S/C32H20Br2O/c33-31-27-19-21-11-7-8-12-22(21)20-28(27)32(31,34)30(24-15-5-2-6-16-24)26-18-10-9-17-25(26)29(31,35-30)23-13-3-1-4-14-23/h1-20H. The maximum Gasteiger partial charge on any atom is 0.141 e. The van der Waals surface area contributed by atoms with Crippen molar-refractivity contribution in [3.05, 3.63) is 155 Å². The second kappa shape index (κ2) is 6.53. The Bertz CT molecular complexity index is 1540. The molecule has 4 unspecified atom stereocenters. The highest BCUT2D eigenvalue weighted by Gasteiger charge is 2.89. The maximum absolute atomic E-state index is 7.60. The molecule has 2 bridgehead atoms. The summed E-state index contributed by atoms with van der Waals surface area (Å²) in [5, 5.41) is 2.49. The zero-order valence-corrected chi connectivity index (χ0v) is 21.9. The highest BCUT2D eigenvalue weighted by atomic mass is 79.9. The van der Waals surface area contributed by atoms with E-state index in [1.54, 1.807) is 0 Å². The highest BCUT2D eigenvalue weighted by molar-refractivity contribution is 9.12. The molecule has 0 radical (unpaired) electrons. The highest BCUT2D eigenvalue weighted by Crippen LogP contribution is 2.87. The van der Waals surface area contributed by atoms with E-state index in [0.717, 1.165) is 11.1 Å². The summed E-state index contributed by atoms with van der Waals surface area (Å²) in [4.78, 5) is 0. The van der Waals surface area contributed by atoms with E-state index >= 15 is 0 Å². The summed E-state index contributed by atoms with van der Waals surface area (Å²) in [7, 11) is 0. The van der Waals surface area contributed by atoms with Crippen LogP contribution in [0.2, 0.25) is 0 Å². The lowest BCUT2D eigenvalue weighted by atomic mass is 9.49. The largest absolute Gasteiger partial charge is 0.346 e. The van der Waals surface area contributed by atoms with Crippen molar-refractivity contribution in [2.45, 2.75) is 19.9 Å². The predicted molar refractivity (Wildman–Crippen MR) is 147 cm³/mol. The van der Waals surface area contributed by atoms with Gasteiger partial charge in [0.1, 0.15) is 19.9 Å². The Morgan fingerprint density at radius 1 is 0.429 bits per heavy atom. The van der Waals surface area contributed by atoms with Gasteiger partial charge in [0, 0.05) is 0 Å². The molecule has 2 aliphatic heterocycles. The molecule has 1 aliphatic carbocycles. The number of ether oxygens (including phenoxy) is 1. The average Bonchev–Trinajstić information content (AvgIpc) is 3.33. The van der Waals surface area contributed by atoms with E-state index in [2.05, 4.69) is 153 Å². The van der Waals surface area contributed by atoms with E-state index in [1.165, 1.54) is 33.0 Å². The Labute approximate surface area is 221 Å². The average molecular weight is 580 g/mol. The Morgan fingerprint density at radius 2 is 0.800 bits per heavy atom. The van der Waals surface area contributed by atoms with E-state index in [1.807, 2.05) is 0 Å². The van der Waals surface area contributed by atoms with Gasteiger partial charge >= 0.3 is 0 Å². The smallest absolute Gasteiger partial charge is 0.141 e. The maximum atomic E-state index is 7.60. The van der Waals surface area contributed by atoms with E-state index in [4.69, 9.17) is 4.74 Å². The van der Waals surface area contributed by atoms with Gasteiger partial charge in [0.15, 0.2) is 0 Å². The van der Waals surface area contributed by atoms with Gasteiger partial charge in [0.05, 0.1) is 0 Å². The fourth-order valence-corrected chi connectivity index (χ4v) is 9.79. The Balaban J connectivity index is 1.58. The van der Waals surface area contributed by atoms with Crippen molar-refractivity contribution in [1.82, 2.24) is 0 Å². The molecule has 35 heavy (non-hydrogen) atoms. The van der Waals surface area contributed by atoms with Gasteiger partial charge in [0.25, 0.3) is 0 Å². The van der Waals surface area contributed by atoms with Crippen molar-refractivity contribution in [3.63, 3.8) is 0 Å². The van der Waals surface area contributed by atoms with E-state index < -0.39 is 19.9 Å². The minimum atomic E-state index is -0.709. The summed E-state index contributed by atoms with van der Waals surface area (Å²) in [5.74, 6) is 0. The Hall–Kier alpha value is -2.72. The lowest BCUT2D eigenvalue weighted by Gasteiger charge is -2.61. The molecule has 0 aromatic heterocycles. The summed E-state index contributed by atoms with van der Waals surface area (Å²) >= 11 is 8.83. The Kier molecular flexibility index (Phi) is 3.82. The molecule has 3 heteroatoms. The molecule has 1 fully saturated rings. The van der Waals surface area contributed by atoms with Gasteiger partial charge < -0.3 is 4.74 Å². The van der Waals surface area contributed by atoms with E-state index in [0.29, 0.717) is 0 Å². The summed E-state index contributed by atoms with van der Waals surface area (Å²) in [6.45, 7) is 0. The molecule has 0 spiro atoms. The monoisotopic (exact) mass is 578 g/mol. The number of hydrogen-bond acceptors (Lipinski definition) is 1. The number of benzene rings is 5. The fraction of sp³-hybridized carbons (Fsp3) is 0.125. The second-order valence-electron chi connectivity index (χ2n) is 9.80. The molecular formula is C32H20Br2O. The van der Waals surface area contributed by atoms with Crippen molar-refractivity contribution in [2.75, 3.05) is 0 Å². The topological polar surface area (TPSA) is 9.23 Å². The van der Waals surface area contributed by atoms with Crippen LogP contribution in [-0.4, -0.2) is 0 Å². The molecule has 8 rings (SSSR count). The van der Waals surface area contributed by atoms with Crippen molar-refractivity contribution < 1.29 is 4.74 Å². The molecule has 2 heterocycles. The lowest BCUT2D eigenvalue weighted by molar-refractivity contribution is -0.0489. The summed E-state index contributed by atoms with van der Waals surface area (Å²) in [6, 6.07) is 43.5. The first kappa shape index (κ1) is 20.5. The van der Waals surface area contributed by atoms with Crippen LogP contribution in [0.1, 0.15) is 33.4 Å². The van der Waals surface area contributed by atoms with Crippen molar-refractivity contribution in [3.8, 4) is 0 Å². The first-order chi connectivity index (χ1) is 17.1. The van der Waals surface area contributed by atoms with Crippen LogP contribution >= 0.6 is 31.9 Å². The van der Waals surface area contributed by atoms with Crippen LogP contribution in [0.5, 0.6) is 0 Å². The second-order valence-corrected chi connectivity index (χ2v) is 12.2. The first-order valence-electron chi connectivity index (χ1n) is 11.9. The summed E-state index contributed by atoms with van der Waals surface area (Å²) in [6.07, 6.45) is 0. The van der Waals surface area contributed by atoms with E-state index in [-0.39, 0.29) is 0 Å². The molecule has 168 valence electrons. The SMILES string of the molecule is BrC12c3cc4ccccc4cc3C1(Br)C1(c3ccccc3)OC2(c2ccccc2)c2ccccc21. The Morgan fingerprint density at radius 3 is 1.23 bits per heavy atom. The summed E-state index contributed by atoms with van der Waals surface area (Å²) in [5.41, 5.74) is 5.90. The summed E-state index contributed by atoms with van der Waals surface area (Å²) < 4.78 is 6.57. The van der Waals surface area contributed by atoms with Gasteiger partial charge in [-0.15, -0.1) is 0 Å². The number of rotatable bonds is 2. The third-order valence-corrected chi connectivity index (χ3v) is 12.1. The fourth-order valence-electron chi connectivity index (χ4n) is 7.10. The van der Waals surface area contributed by atoms with Gasteiger partial charge in [-0.3, -0.25) is 0 Å². The first-order valence-corrected chi connectivity index (χ1v) is 13.5. The van der Waals surface area contributed by atoms with Gasteiger partial charge in [-0.05, 0) is 56.3 Å². The third-order valence-electron chi connectivity index (χ3n) is 8.43. The molecule has 5 aromatic rings. The van der Waals surface area contributed by atoms with Crippen LogP contribution in [0, 0.1) is 0 Å². The van der Waals surface area contributed by atoms with Crippen molar-refractivity contribution >= 4 is 42.6 Å². The molecule has 5 aromatic carbocycles.